The first-order chi connectivity index (χ1) is 22.3. The Bertz CT molecular complexity index is 1750. The second-order valence-electron chi connectivity index (χ2n) is 10.2. The number of para-hydroxylation sites is 1. The summed E-state index contributed by atoms with van der Waals surface area (Å²) in [5.41, 5.74) is 2.54. The Morgan fingerprint density at radius 1 is 0.851 bits per heavy atom. The third kappa shape index (κ3) is 9.79. The van der Waals surface area contributed by atoms with Crippen molar-refractivity contribution in [2.24, 2.45) is 0 Å². The van der Waals surface area contributed by atoms with Crippen LogP contribution in [-0.2, 0) is 33.7 Å². The maximum Gasteiger partial charge on any atom is 0.491 e. The minimum atomic E-state index is -5.34. The Hall–Kier alpha value is -4.41. The van der Waals surface area contributed by atoms with E-state index >= 15 is 0 Å². The van der Waals surface area contributed by atoms with Crippen molar-refractivity contribution in [2.45, 2.75) is 37.8 Å². The van der Waals surface area contributed by atoms with Crippen molar-refractivity contribution in [3.8, 4) is 11.5 Å². The molecular weight excluding hydrogens is 656 g/mol. The highest BCUT2D eigenvalue weighted by molar-refractivity contribution is 7.16. The van der Waals surface area contributed by atoms with Gasteiger partial charge in [0.2, 0.25) is 0 Å². The molecule has 0 aliphatic rings. The largest absolute Gasteiger partial charge is 0.496 e. The molecule has 9 nitrogen and oxygen atoms in total. The van der Waals surface area contributed by atoms with Crippen molar-refractivity contribution in [3.05, 3.63) is 92.6 Å². The Balaban J connectivity index is 1.40. The van der Waals surface area contributed by atoms with Crippen LogP contribution >= 0.6 is 11.3 Å². The molecule has 0 amide bonds. The molecule has 16 heteroatoms. The number of halogens is 6. The minimum Gasteiger partial charge on any atom is -0.496 e. The molecular formula is C31H29F6N3O6S. The number of nitrogens with one attached hydrogen (secondary N) is 3. The molecule has 0 spiro atoms. The smallest absolute Gasteiger partial charge is 0.491 e. The quantitative estimate of drug-likeness (QED) is 0.0702. The van der Waals surface area contributed by atoms with Crippen LogP contribution in [0.5, 0.6) is 11.5 Å². The number of benzene rings is 3. The molecule has 0 bridgehead atoms. The number of aromatic nitrogens is 1. The lowest BCUT2D eigenvalue weighted by Crippen LogP contribution is -2.32. The van der Waals surface area contributed by atoms with Crippen LogP contribution in [0.3, 0.4) is 0 Å². The molecule has 1 heterocycles. The number of rotatable bonds is 14. The molecule has 0 saturated heterocycles. The fourth-order valence-electron chi connectivity index (χ4n) is 4.66. The number of carbonyl (C=O) groups excluding carboxylic acids is 2. The number of thiazole rings is 1. The van der Waals surface area contributed by atoms with E-state index < -0.39 is 41.0 Å². The number of H-pyrrole nitrogens is 1. The van der Waals surface area contributed by atoms with E-state index in [1.807, 2.05) is 48.5 Å². The standard InChI is InChI=1S/C31H29F6N3O6S/c1-44-22-8-3-2-7-20(22)12-14-38-16-19-6-4-5-18(15-19)11-13-39-17-24(46-28(42)31(35,36)37)21-9-10-23(45-27(41)30(32,33)34)25-26(21)47-29(43)40-25/h2-10,15,24,38-39H,11-14,16-17H2,1H3,(H,40,43)/t24-/m0/s1. The molecule has 3 aromatic carbocycles. The fraction of sp³-hybridized carbons (Fsp3) is 0.323. The number of fused-ring (bicyclic) bond motifs is 1. The summed E-state index contributed by atoms with van der Waals surface area (Å²) in [6.07, 6.45) is -11.1. The van der Waals surface area contributed by atoms with Gasteiger partial charge in [-0.05, 0) is 60.8 Å². The number of alkyl halides is 6. The van der Waals surface area contributed by atoms with E-state index in [1.165, 1.54) is 0 Å². The van der Waals surface area contributed by atoms with Crippen LogP contribution in [-0.4, -0.2) is 56.0 Å². The zero-order chi connectivity index (χ0) is 34.2. The van der Waals surface area contributed by atoms with Crippen LogP contribution in [0.15, 0.2) is 65.5 Å². The van der Waals surface area contributed by atoms with Gasteiger partial charge in [0, 0.05) is 18.7 Å². The maximum absolute atomic E-state index is 13.1. The van der Waals surface area contributed by atoms with E-state index in [2.05, 4.69) is 20.4 Å². The van der Waals surface area contributed by atoms with Gasteiger partial charge in [-0.25, -0.2) is 9.59 Å². The van der Waals surface area contributed by atoms with Gasteiger partial charge in [-0.15, -0.1) is 0 Å². The molecule has 1 aromatic heterocycles. The molecule has 252 valence electrons. The maximum atomic E-state index is 13.1. The second kappa shape index (κ2) is 15.5. The number of esters is 2. The zero-order valence-corrected chi connectivity index (χ0v) is 25.5. The van der Waals surface area contributed by atoms with Gasteiger partial charge in [-0.1, -0.05) is 53.8 Å². The van der Waals surface area contributed by atoms with Crippen LogP contribution in [0.25, 0.3) is 10.2 Å². The number of carbonyl (C=O) groups is 2. The molecule has 4 aromatic rings. The topological polar surface area (TPSA) is 119 Å². The third-order valence-corrected chi connectivity index (χ3v) is 7.77. The van der Waals surface area contributed by atoms with Crippen LogP contribution < -0.4 is 25.0 Å². The highest BCUT2D eigenvalue weighted by Crippen LogP contribution is 2.35. The van der Waals surface area contributed by atoms with Gasteiger partial charge < -0.3 is 29.8 Å². The summed E-state index contributed by atoms with van der Waals surface area (Å²) in [6.45, 7) is 1.21. The van der Waals surface area contributed by atoms with E-state index in [0.717, 1.165) is 41.0 Å². The van der Waals surface area contributed by atoms with Crippen LogP contribution in [0.4, 0.5) is 26.3 Å². The highest BCUT2D eigenvalue weighted by atomic mass is 32.1. The first kappa shape index (κ1) is 35.4. The van der Waals surface area contributed by atoms with E-state index in [-0.39, 0.29) is 28.9 Å². The van der Waals surface area contributed by atoms with Crippen molar-refractivity contribution < 1.29 is 50.1 Å². The van der Waals surface area contributed by atoms with Crippen LogP contribution in [0.1, 0.15) is 28.4 Å². The van der Waals surface area contributed by atoms with E-state index in [4.69, 9.17) is 9.47 Å². The Morgan fingerprint density at radius 2 is 1.55 bits per heavy atom. The Morgan fingerprint density at radius 3 is 2.28 bits per heavy atom. The molecule has 0 aliphatic carbocycles. The van der Waals surface area contributed by atoms with Crippen molar-refractivity contribution in [1.82, 2.24) is 15.6 Å². The van der Waals surface area contributed by atoms with Gasteiger partial charge in [-0.3, -0.25) is 4.79 Å². The molecule has 0 fully saturated rings. The molecule has 0 aliphatic heterocycles. The Kier molecular flexibility index (Phi) is 11.7. The van der Waals surface area contributed by atoms with Gasteiger partial charge in [-0.2, -0.15) is 26.3 Å². The first-order valence-corrected chi connectivity index (χ1v) is 14.9. The monoisotopic (exact) mass is 685 g/mol. The summed E-state index contributed by atoms with van der Waals surface area (Å²) >= 11 is 0.440. The lowest BCUT2D eigenvalue weighted by molar-refractivity contribution is -0.205. The molecule has 47 heavy (non-hydrogen) atoms. The average Bonchev–Trinajstić information content (AvgIpc) is 3.42. The summed E-state index contributed by atoms with van der Waals surface area (Å²) in [6, 6.07) is 17.3. The highest BCUT2D eigenvalue weighted by Gasteiger charge is 2.43. The lowest BCUT2D eigenvalue weighted by atomic mass is 10.1. The van der Waals surface area contributed by atoms with E-state index in [9.17, 15) is 40.7 Å². The SMILES string of the molecule is COc1ccccc1CCNCc1cccc(CCNC[C@H](OC(=O)C(F)(F)F)c2ccc(OC(=O)C(F)(F)F)c3[nH]c(=O)sc23)c1. The second-order valence-corrected chi connectivity index (χ2v) is 11.1. The molecule has 4 rings (SSSR count). The normalized spacial score (nSPS) is 12.6. The van der Waals surface area contributed by atoms with Crippen molar-refractivity contribution >= 4 is 33.5 Å². The number of hydrogen-bond donors (Lipinski definition) is 3. The third-order valence-electron chi connectivity index (χ3n) is 6.84. The van der Waals surface area contributed by atoms with Gasteiger partial charge in [0.25, 0.3) is 0 Å². The van der Waals surface area contributed by atoms with E-state index in [1.54, 1.807) is 7.11 Å². The van der Waals surface area contributed by atoms with Crippen LogP contribution in [0.2, 0.25) is 0 Å². The predicted octanol–water partition coefficient (Wildman–Crippen LogP) is 5.38. The summed E-state index contributed by atoms with van der Waals surface area (Å²) in [4.78, 5) is 36.6. The fourth-order valence-corrected chi connectivity index (χ4v) is 5.57. The van der Waals surface area contributed by atoms with Gasteiger partial charge in [0.05, 0.1) is 11.8 Å². The molecule has 1 atom stereocenters. The van der Waals surface area contributed by atoms with Crippen LogP contribution in [0, 0.1) is 0 Å². The summed E-state index contributed by atoms with van der Waals surface area (Å²) in [5.74, 6) is -4.92. The number of hydrogen-bond acceptors (Lipinski definition) is 9. The van der Waals surface area contributed by atoms with Gasteiger partial charge in [0.15, 0.2) is 5.75 Å². The molecule has 0 unspecified atom stereocenters. The number of methoxy groups -OCH3 is 1. The Labute approximate surface area is 267 Å². The van der Waals surface area contributed by atoms with Gasteiger partial charge in [0.1, 0.15) is 17.4 Å². The predicted molar refractivity (Wildman–Crippen MR) is 160 cm³/mol. The first-order valence-electron chi connectivity index (χ1n) is 14.1. The van der Waals surface area contributed by atoms with Crippen molar-refractivity contribution in [3.63, 3.8) is 0 Å². The summed E-state index contributed by atoms with van der Waals surface area (Å²) < 4.78 is 91.9. The zero-order valence-electron chi connectivity index (χ0n) is 24.7. The lowest BCUT2D eigenvalue weighted by Gasteiger charge is -2.21. The van der Waals surface area contributed by atoms with Crippen molar-refractivity contribution in [1.29, 1.82) is 0 Å². The number of aromatic amines is 1. The summed E-state index contributed by atoms with van der Waals surface area (Å²) in [7, 11) is 1.62. The molecule has 0 radical (unpaired) electrons. The van der Waals surface area contributed by atoms with Gasteiger partial charge >= 0.3 is 29.2 Å². The number of ether oxygens (including phenoxy) is 3. The summed E-state index contributed by atoms with van der Waals surface area (Å²) in [5, 5.41) is 6.32. The minimum absolute atomic E-state index is 0.110. The molecule has 0 saturated carbocycles. The van der Waals surface area contributed by atoms with E-state index in [0.29, 0.717) is 30.8 Å². The molecule has 3 N–H and O–H groups in total. The van der Waals surface area contributed by atoms with Crippen molar-refractivity contribution in [2.75, 3.05) is 26.7 Å². The average molecular weight is 686 g/mol.